The van der Waals surface area contributed by atoms with E-state index in [1.165, 1.54) is 24.0 Å². The van der Waals surface area contributed by atoms with E-state index in [0.717, 1.165) is 31.9 Å². The number of hydrogen-bond acceptors (Lipinski definition) is 3. The van der Waals surface area contributed by atoms with Crippen LogP contribution in [0.2, 0.25) is 0 Å². The number of rotatable bonds is 3. The van der Waals surface area contributed by atoms with Gasteiger partial charge in [0, 0.05) is 6.42 Å². The zero-order valence-corrected chi connectivity index (χ0v) is 10.1. The van der Waals surface area contributed by atoms with E-state index >= 15 is 0 Å². The molecule has 0 aliphatic carbocycles. The van der Waals surface area contributed by atoms with Crippen LogP contribution in [0.5, 0.6) is 5.75 Å². The van der Waals surface area contributed by atoms with Gasteiger partial charge in [-0.3, -0.25) is 4.90 Å². The van der Waals surface area contributed by atoms with E-state index < -0.39 is 0 Å². The highest BCUT2D eigenvalue weighted by atomic mass is 16.5. The molecule has 1 saturated heterocycles. The largest absolute Gasteiger partial charge is 0.493 e. The minimum absolute atomic E-state index is 0.170. The van der Waals surface area contributed by atoms with Gasteiger partial charge < -0.3 is 9.84 Å². The molecule has 0 bridgehead atoms. The number of benzene rings is 1. The number of hydrogen-bond donors (Lipinski definition) is 1. The first-order chi connectivity index (χ1) is 8.38. The first-order valence-electron chi connectivity index (χ1n) is 6.49. The normalized spacial score (nSPS) is 21.2. The van der Waals surface area contributed by atoms with E-state index in [9.17, 15) is 5.11 Å². The average Bonchev–Trinajstić information content (AvgIpc) is 2.99. The van der Waals surface area contributed by atoms with Crippen molar-refractivity contribution in [3.05, 3.63) is 29.3 Å². The molecule has 1 aromatic carbocycles. The Kier molecular flexibility index (Phi) is 3.04. The lowest BCUT2D eigenvalue weighted by molar-refractivity contribution is 0.147. The first-order valence-corrected chi connectivity index (χ1v) is 6.49. The Labute approximate surface area is 102 Å². The number of aliphatic hydroxyl groups excluding tert-OH is 1. The molecule has 2 aliphatic rings. The highest BCUT2D eigenvalue weighted by Gasteiger charge is 2.24. The lowest BCUT2D eigenvalue weighted by Crippen LogP contribution is -2.28. The van der Waals surface area contributed by atoms with Crippen molar-refractivity contribution in [3.63, 3.8) is 0 Å². The number of nitrogens with zero attached hydrogens (tertiary/aromatic N) is 1. The van der Waals surface area contributed by atoms with Crippen LogP contribution >= 0.6 is 0 Å². The number of fused-ring (bicyclic) bond motifs is 1. The van der Waals surface area contributed by atoms with E-state index in [2.05, 4.69) is 23.1 Å². The van der Waals surface area contributed by atoms with Crippen LogP contribution in [0.4, 0.5) is 0 Å². The summed E-state index contributed by atoms with van der Waals surface area (Å²) in [5, 5.41) is 9.62. The molecule has 3 rings (SSSR count). The summed E-state index contributed by atoms with van der Waals surface area (Å²) in [5.74, 6) is 1.02. The summed E-state index contributed by atoms with van der Waals surface area (Å²) in [6, 6.07) is 6.53. The van der Waals surface area contributed by atoms with Crippen LogP contribution < -0.4 is 4.74 Å². The molecule has 0 saturated carbocycles. The van der Waals surface area contributed by atoms with Crippen LogP contribution in [0.3, 0.4) is 0 Å². The van der Waals surface area contributed by atoms with Gasteiger partial charge in [0.25, 0.3) is 0 Å². The maximum absolute atomic E-state index is 9.62. The molecule has 3 nitrogen and oxygen atoms in total. The summed E-state index contributed by atoms with van der Waals surface area (Å²) >= 11 is 0. The summed E-state index contributed by atoms with van der Waals surface area (Å²) in [6.45, 7) is 3.23. The van der Waals surface area contributed by atoms with Crippen molar-refractivity contribution in [1.29, 1.82) is 0 Å². The Balaban J connectivity index is 1.85. The zero-order valence-electron chi connectivity index (χ0n) is 10.1. The Bertz CT molecular complexity index is 399. The molecule has 1 atom stereocenters. The van der Waals surface area contributed by atoms with Crippen molar-refractivity contribution in [2.45, 2.75) is 25.3 Å². The van der Waals surface area contributed by atoms with Crippen molar-refractivity contribution in [2.24, 2.45) is 0 Å². The molecule has 2 aliphatic heterocycles. The van der Waals surface area contributed by atoms with Crippen LogP contribution in [0.15, 0.2) is 18.2 Å². The third-order valence-corrected chi connectivity index (χ3v) is 3.85. The van der Waals surface area contributed by atoms with Gasteiger partial charge in [0.1, 0.15) is 5.75 Å². The lowest BCUT2D eigenvalue weighted by Gasteiger charge is -2.26. The van der Waals surface area contributed by atoms with Gasteiger partial charge in [0.2, 0.25) is 0 Å². The van der Waals surface area contributed by atoms with Crippen molar-refractivity contribution in [3.8, 4) is 5.75 Å². The van der Waals surface area contributed by atoms with E-state index in [1.807, 2.05) is 0 Å². The average molecular weight is 233 g/mol. The summed E-state index contributed by atoms with van der Waals surface area (Å²) in [5.41, 5.74) is 2.53. The summed E-state index contributed by atoms with van der Waals surface area (Å²) in [4.78, 5) is 2.39. The van der Waals surface area contributed by atoms with Crippen molar-refractivity contribution in [1.82, 2.24) is 4.90 Å². The highest BCUT2D eigenvalue weighted by molar-refractivity contribution is 5.40. The summed E-state index contributed by atoms with van der Waals surface area (Å²) in [7, 11) is 0. The van der Waals surface area contributed by atoms with Crippen molar-refractivity contribution < 1.29 is 9.84 Å². The highest BCUT2D eigenvalue weighted by Crippen LogP contribution is 2.31. The third-order valence-electron chi connectivity index (χ3n) is 3.85. The second kappa shape index (κ2) is 4.67. The summed E-state index contributed by atoms with van der Waals surface area (Å²) < 4.78 is 5.52. The Morgan fingerprint density at radius 2 is 2.12 bits per heavy atom. The number of ether oxygens (including phenoxy) is 1. The fraction of sp³-hybridized carbons (Fsp3) is 0.571. The molecule has 0 amide bonds. The fourth-order valence-corrected chi connectivity index (χ4v) is 2.90. The van der Waals surface area contributed by atoms with Gasteiger partial charge in [-0.05, 0) is 43.1 Å². The summed E-state index contributed by atoms with van der Waals surface area (Å²) in [6.07, 6.45) is 3.51. The second-order valence-electron chi connectivity index (χ2n) is 4.91. The molecule has 1 fully saturated rings. The van der Waals surface area contributed by atoms with Crippen LogP contribution in [0.25, 0.3) is 0 Å². The zero-order chi connectivity index (χ0) is 11.7. The van der Waals surface area contributed by atoms with E-state index in [1.54, 1.807) is 0 Å². The van der Waals surface area contributed by atoms with Crippen LogP contribution in [-0.2, 0) is 6.42 Å². The molecule has 1 unspecified atom stereocenters. The van der Waals surface area contributed by atoms with Crippen molar-refractivity contribution in [2.75, 3.05) is 26.3 Å². The molecule has 3 heteroatoms. The number of likely N-dealkylation sites (tertiary alicyclic amines) is 1. The van der Waals surface area contributed by atoms with Crippen molar-refractivity contribution >= 4 is 0 Å². The van der Waals surface area contributed by atoms with Gasteiger partial charge >= 0.3 is 0 Å². The molecule has 17 heavy (non-hydrogen) atoms. The standard InChI is InChI=1S/C14H19NO2/c16-10-13(15-6-1-2-7-15)11-3-4-14-12(9-11)5-8-17-14/h3-4,9,13,16H,1-2,5-8,10H2. The molecule has 92 valence electrons. The van der Waals surface area contributed by atoms with Crippen LogP contribution in [0.1, 0.15) is 30.0 Å². The molecular formula is C14H19NO2. The Hall–Kier alpha value is -1.06. The monoisotopic (exact) mass is 233 g/mol. The van der Waals surface area contributed by atoms with Gasteiger partial charge in [-0.2, -0.15) is 0 Å². The van der Waals surface area contributed by atoms with Gasteiger partial charge in [-0.1, -0.05) is 12.1 Å². The molecule has 0 radical (unpaired) electrons. The van der Waals surface area contributed by atoms with E-state index in [0.29, 0.717) is 0 Å². The van der Waals surface area contributed by atoms with Gasteiger partial charge in [-0.25, -0.2) is 0 Å². The number of aliphatic hydroxyl groups is 1. The minimum Gasteiger partial charge on any atom is -0.493 e. The van der Waals surface area contributed by atoms with Gasteiger partial charge in [0.05, 0.1) is 19.3 Å². The lowest BCUT2D eigenvalue weighted by atomic mass is 10.0. The third kappa shape index (κ3) is 2.05. The maximum atomic E-state index is 9.62. The van der Waals surface area contributed by atoms with Gasteiger partial charge in [0.15, 0.2) is 0 Å². The van der Waals surface area contributed by atoms with Gasteiger partial charge in [-0.15, -0.1) is 0 Å². The molecule has 0 aromatic heterocycles. The quantitative estimate of drug-likeness (QED) is 0.863. The maximum Gasteiger partial charge on any atom is 0.122 e. The minimum atomic E-state index is 0.170. The first kappa shape index (κ1) is 11.1. The Morgan fingerprint density at radius 1 is 1.29 bits per heavy atom. The smallest absolute Gasteiger partial charge is 0.122 e. The predicted octanol–water partition coefficient (Wildman–Crippen LogP) is 1.75. The van der Waals surface area contributed by atoms with Crippen LogP contribution in [-0.4, -0.2) is 36.3 Å². The molecule has 2 heterocycles. The molecular weight excluding hydrogens is 214 g/mol. The molecule has 0 spiro atoms. The molecule has 1 aromatic rings. The Morgan fingerprint density at radius 3 is 2.88 bits per heavy atom. The predicted molar refractivity (Wildman–Crippen MR) is 66.3 cm³/mol. The fourth-order valence-electron chi connectivity index (χ4n) is 2.90. The van der Waals surface area contributed by atoms with E-state index in [-0.39, 0.29) is 12.6 Å². The van der Waals surface area contributed by atoms with Crippen LogP contribution in [0, 0.1) is 0 Å². The SMILES string of the molecule is OCC(c1ccc2c(c1)CCO2)N1CCCC1. The second-order valence-corrected chi connectivity index (χ2v) is 4.91. The van der Waals surface area contributed by atoms with E-state index in [4.69, 9.17) is 4.74 Å². The topological polar surface area (TPSA) is 32.7 Å². The molecule has 1 N–H and O–H groups in total.